The van der Waals surface area contributed by atoms with E-state index in [4.69, 9.17) is 16.7 Å². The van der Waals surface area contributed by atoms with Gasteiger partial charge in [0.05, 0.1) is 17.4 Å². The van der Waals surface area contributed by atoms with Crippen LogP contribution in [0.5, 0.6) is 5.75 Å². The number of benzene rings is 2. The summed E-state index contributed by atoms with van der Waals surface area (Å²) in [5, 5.41) is 21.5. The molecule has 0 aliphatic carbocycles. The Morgan fingerprint density at radius 1 is 1.15 bits per heavy atom. The van der Waals surface area contributed by atoms with Gasteiger partial charge in [-0.2, -0.15) is 0 Å². The lowest BCUT2D eigenvalue weighted by Gasteiger charge is -2.15. The van der Waals surface area contributed by atoms with Crippen molar-refractivity contribution in [3.8, 4) is 5.75 Å². The number of aliphatic carboxylic acids is 1. The van der Waals surface area contributed by atoms with E-state index in [9.17, 15) is 23.9 Å². The molecule has 0 radical (unpaired) electrons. The second-order valence-electron chi connectivity index (χ2n) is 7.77. The Labute approximate surface area is 192 Å². The summed E-state index contributed by atoms with van der Waals surface area (Å²) < 4.78 is 30.3. The predicted octanol–water partition coefficient (Wildman–Crippen LogP) is 4.22. The predicted molar refractivity (Wildman–Crippen MR) is 118 cm³/mol. The number of halogens is 3. The summed E-state index contributed by atoms with van der Waals surface area (Å²) in [6.45, 7) is 4.17. The molecule has 10 heteroatoms. The van der Waals surface area contributed by atoms with Crippen LogP contribution in [0.2, 0.25) is 5.02 Å². The van der Waals surface area contributed by atoms with E-state index in [-0.39, 0.29) is 34.3 Å². The first-order valence-corrected chi connectivity index (χ1v) is 10.4. The van der Waals surface area contributed by atoms with Gasteiger partial charge in [-0.15, -0.1) is 0 Å². The second-order valence-corrected chi connectivity index (χ2v) is 8.20. The van der Waals surface area contributed by atoms with Crippen molar-refractivity contribution in [2.45, 2.75) is 26.7 Å². The average Bonchev–Trinajstić information content (AvgIpc) is 3.06. The molecule has 3 N–H and O–H groups in total. The number of hydrogen-bond donors (Lipinski definition) is 3. The zero-order valence-electron chi connectivity index (χ0n) is 17.9. The number of carboxylic acids is 1. The lowest BCUT2D eigenvalue weighted by Crippen LogP contribution is -2.34. The van der Waals surface area contributed by atoms with Crippen molar-refractivity contribution in [3.63, 3.8) is 0 Å². The van der Waals surface area contributed by atoms with Crippen molar-refractivity contribution in [1.82, 2.24) is 9.88 Å². The molecule has 1 amide bonds. The average molecular weight is 479 g/mol. The van der Waals surface area contributed by atoms with Crippen LogP contribution < -0.4 is 5.32 Å². The molecule has 3 rings (SSSR count). The largest absolute Gasteiger partial charge is 0.503 e. The minimum atomic E-state index is -1.30. The molecule has 1 unspecified atom stereocenters. The molecular weight excluding hydrogens is 458 g/mol. The van der Waals surface area contributed by atoms with E-state index in [1.54, 1.807) is 0 Å². The molecule has 33 heavy (non-hydrogen) atoms. The molecule has 2 atom stereocenters. The summed E-state index contributed by atoms with van der Waals surface area (Å²) in [5.74, 6) is -8.03. The summed E-state index contributed by atoms with van der Waals surface area (Å²) in [6, 6.07) is 6.71. The van der Waals surface area contributed by atoms with Crippen molar-refractivity contribution in [2.75, 3.05) is 6.54 Å². The fourth-order valence-corrected chi connectivity index (χ4v) is 3.78. The minimum Gasteiger partial charge on any atom is -0.503 e. The van der Waals surface area contributed by atoms with E-state index in [1.165, 1.54) is 45.0 Å². The third-order valence-electron chi connectivity index (χ3n) is 5.53. The molecule has 0 aliphatic heterocycles. The van der Waals surface area contributed by atoms with E-state index >= 15 is 4.39 Å². The number of phenolic OH excluding ortho intramolecular Hbond substituents is 1. The van der Waals surface area contributed by atoms with Gasteiger partial charge in [-0.05, 0) is 43.7 Å². The smallest absolute Gasteiger partial charge is 0.308 e. The second kappa shape index (κ2) is 9.19. The van der Waals surface area contributed by atoms with Crippen LogP contribution in [0.3, 0.4) is 0 Å². The Hall–Kier alpha value is -3.46. The Bertz CT molecular complexity index is 1270. The number of phenols is 1. The first kappa shape index (κ1) is 24.2. The van der Waals surface area contributed by atoms with Gasteiger partial charge in [0.25, 0.3) is 5.91 Å². The number of aromatic nitrogens is 1. The van der Waals surface area contributed by atoms with Gasteiger partial charge in [-0.3, -0.25) is 19.0 Å². The third-order valence-corrected chi connectivity index (χ3v) is 5.79. The lowest BCUT2D eigenvalue weighted by atomic mass is 9.96. The molecule has 0 bridgehead atoms. The van der Waals surface area contributed by atoms with Crippen LogP contribution in [0.15, 0.2) is 30.3 Å². The highest BCUT2D eigenvalue weighted by Gasteiger charge is 2.31. The number of carbonyl (C=O) groups excluding carboxylic acids is 2. The molecule has 174 valence electrons. The van der Waals surface area contributed by atoms with Crippen molar-refractivity contribution < 1.29 is 33.4 Å². The number of nitrogens with one attached hydrogen (secondary N) is 1. The molecule has 0 saturated carbocycles. The SMILES string of the molecule is Cc1c(C(C)C(=O)NC[C@@H](C)C(=O)O)c2c(F)c(O)c(F)cc2n1C(=O)c1ccc(Cl)cc1. The monoisotopic (exact) mass is 478 g/mol. The fourth-order valence-electron chi connectivity index (χ4n) is 3.65. The molecule has 0 saturated heterocycles. The Morgan fingerprint density at radius 2 is 1.76 bits per heavy atom. The number of carboxylic acid groups (broad SMARTS) is 1. The van der Waals surface area contributed by atoms with Gasteiger partial charge in [0.1, 0.15) is 0 Å². The van der Waals surface area contributed by atoms with Crippen LogP contribution in [0.25, 0.3) is 10.9 Å². The number of rotatable bonds is 6. The highest BCUT2D eigenvalue weighted by atomic mass is 35.5. The summed E-state index contributed by atoms with van der Waals surface area (Å²) >= 11 is 5.87. The van der Waals surface area contributed by atoms with Gasteiger partial charge >= 0.3 is 5.97 Å². The molecule has 0 aliphatic rings. The zero-order valence-corrected chi connectivity index (χ0v) is 18.7. The maximum atomic E-state index is 15.0. The summed E-state index contributed by atoms with van der Waals surface area (Å²) in [6.07, 6.45) is 0. The van der Waals surface area contributed by atoms with Crippen molar-refractivity contribution in [2.24, 2.45) is 5.92 Å². The van der Waals surface area contributed by atoms with Crippen molar-refractivity contribution >= 4 is 40.3 Å². The van der Waals surface area contributed by atoms with E-state index in [2.05, 4.69) is 5.32 Å². The first-order valence-electron chi connectivity index (χ1n) is 9.98. The summed E-state index contributed by atoms with van der Waals surface area (Å²) in [5.41, 5.74) is 0.268. The van der Waals surface area contributed by atoms with E-state index < -0.39 is 47.0 Å². The number of hydrogen-bond acceptors (Lipinski definition) is 4. The Kier molecular flexibility index (Phi) is 6.73. The standard InChI is InChI=1S/C23H21ClF2N2O5/c1-10(23(32)33)9-27-21(30)11(2)17-12(3)28(22(31)13-4-6-14(24)7-5-13)16-8-15(25)20(29)19(26)18(16)17/h4-8,10-11,29H,9H2,1-3H3,(H,27,30)(H,32,33)/t10-,11?/m1/s1. The van der Waals surface area contributed by atoms with E-state index in [0.29, 0.717) is 5.02 Å². The van der Waals surface area contributed by atoms with Crippen molar-refractivity contribution in [3.05, 3.63) is 63.8 Å². The van der Waals surface area contributed by atoms with Crippen LogP contribution in [-0.2, 0) is 9.59 Å². The maximum Gasteiger partial charge on any atom is 0.308 e. The van der Waals surface area contributed by atoms with Crippen LogP contribution in [0, 0.1) is 24.5 Å². The molecule has 0 spiro atoms. The van der Waals surface area contributed by atoms with Crippen LogP contribution in [-0.4, -0.2) is 39.1 Å². The van der Waals surface area contributed by atoms with Gasteiger partial charge in [0.15, 0.2) is 17.4 Å². The van der Waals surface area contributed by atoms with Gasteiger partial charge < -0.3 is 15.5 Å². The third kappa shape index (κ3) is 4.41. The quantitative estimate of drug-likeness (QED) is 0.491. The Balaban J connectivity index is 2.17. The first-order chi connectivity index (χ1) is 15.5. The Morgan fingerprint density at radius 3 is 2.33 bits per heavy atom. The molecular formula is C23H21ClF2N2O5. The molecule has 7 nitrogen and oxygen atoms in total. The van der Waals surface area contributed by atoms with E-state index in [0.717, 1.165) is 10.6 Å². The van der Waals surface area contributed by atoms with Gasteiger partial charge in [0.2, 0.25) is 5.91 Å². The van der Waals surface area contributed by atoms with E-state index in [1.807, 2.05) is 0 Å². The maximum absolute atomic E-state index is 15.0. The van der Waals surface area contributed by atoms with Gasteiger partial charge in [-0.25, -0.2) is 8.78 Å². The molecule has 2 aromatic carbocycles. The zero-order chi connectivity index (χ0) is 24.6. The fraction of sp³-hybridized carbons (Fsp3) is 0.261. The normalized spacial score (nSPS) is 13.0. The van der Waals surface area contributed by atoms with Crippen molar-refractivity contribution in [1.29, 1.82) is 0 Å². The molecule has 3 aromatic rings. The number of fused-ring (bicyclic) bond motifs is 1. The van der Waals surface area contributed by atoms with Crippen LogP contribution in [0.1, 0.15) is 41.4 Å². The number of aromatic hydroxyl groups is 1. The van der Waals surface area contributed by atoms with Gasteiger partial charge in [0, 0.05) is 34.3 Å². The summed E-state index contributed by atoms with van der Waals surface area (Å²) in [4.78, 5) is 37.0. The molecule has 1 heterocycles. The topological polar surface area (TPSA) is 109 Å². The molecule has 0 fully saturated rings. The highest BCUT2D eigenvalue weighted by Crippen LogP contribution is 2.38. The number of nitrogens with zero attached hydrogens (tertiary/aromatic N) is 1. The minimum absolute atomic E-state index is 0.0700. The lowest BCUT2D eigenvalue weighted by molar-refractivity contribution is -0.141. The highest BCUT2D eigenvalue weighted by molar-refractivity contribution is 6.30. The van der Waals surface area contributed by atoms with Gasteiger partial charge in [-0.1, -0.05) is 18.5 Å². The van der Waals surface area contributed by atoms with Crippen LogP contribution in [0.4, 0.5) is 8.78 Å². The number of carbonyl (C=O) groups is 3. The summed E-state index contributed by atoms with van der Waals surface area (Å²) in [7, 11) is 0. The van der Waals surface area contributed by atoms with Crippen LogP contribution >= 0.6 is 11.6 Å². The molecule has 1 aromatic heterocycles. The number of amides is 1.